The van der Waals surface area contributed by atoms with Gasteiger partial charge in [-0.1, -0.05) is 6.92 Å². The fourth-order valence-electron chi connectivity index (χ4n) is 3.28. The van der Waals surface area contributed by atoms with Gasteiger partial charge in [0.25, 0.3) is 0 Å². The van der Waals surface area contributed by atoms with Crippen LogP contribution in [0.25, 0.3) is 0 Å². The molecule has 0 spiro atoms. The van der Waals surface area contributed by atoms with E-state index < -0.39 is 46.7 Å². The van der Waals surface area contributed by atoms with Crippen LogP contribution in [-0.2, 0) is 10.9 Å². The van der Waals surface area contributed by atoms with Gasteiger partial charge in [0.15, 0.2) is 17.5 Å². The maximum atomic E-state index is 14.3. The molecule has 9 heteroatoms. The highest BCUT2D eigenvalue weighted by Gasteiger charge is 2.38. The Balaban J connectivity index is 1.73. The highest BCUT2D eigenvalue weighted by molar-refractivity contribution is 5.75. The number of alkyl halides is 2. The van der Waals surface area contributed by atoms with E-state index >= 15 is 0 Å². The normalized spacial score (nSPS) is 19.4. The van der Waals surface area contributed by atoms with Crippen molar-refractivity contribution in [3.63, 3.8) is 0 Å². The number of halogens is 6. The van der Waals surface area contributed by atoms with Crippen molar-refractivity contribution >= 4 is 5.97 Å². The first-order valence-electron chi connectivity index (χ1n) is 9.30. The maximum Gasteiger partial charge on any atom is 0.429 e. The van der Waals surface area contributed by atoms with Crippen LogP contribution in [-0.4, -0.2) is 5.97 Å². The van der Waals surface area contributed by atoms with E-state index in [9.17, 15) is 31.1 Å². The minimum Gasteiger partial charge on any atom is -0.429 e. The molecule has 0 bridgehead atoms. The van der Waals surface area contributed by atoms with Crippen LogP contribution in [0.1, 0.15) is 38.2 Å². The van der Waals surface area contributed by atoms with Crippen LogP contribution in [0.15, 0.2) is 30.3 Å². The summed E-state index contributed by atoms with van der Waals surface area (Å²) in [6, 6.07) is 2.63. The summed E-state index contributed by atoms with van der Waals surface area (Å²) in [5.74, 6) is -8.45. The van der Waals surface area contributed by atoms with E-state index in [-0.39, 0.29) is 23.8 Å². The van der Waals surface area contributed by atoms with Gasteiger partial charge >= 0.3 is 12.1 Å². The molecule has 2 aromatic carbocycles. The fraction of sp³-hybridized carbons (Fsp3) is 0.381. The molecule has 30 heavy (non-hydrogen) atoms. The third-order valence-corrected chi connectivity index (χ3v) is 5.03. The smallest absolute Gasteiger partial charge is 0.429 e. The molecule has 0 heterocycles. The molecule has 0 amide bonds. The molecule has 0 atom stereocenters. The highest BCUT2D eigenvalue weighted by Crippen LogP contribution is 2.36. The van der Waals surface area contributed by atoms with Crippen LogP contribution in [0.3, 0.4) is 0 Å². The number of hydrogen-bond donors (Lipinski definition) is 0. The number of hydrogen-bond acceptors (Lipinski definition) is 3. The molecule has 1 aliphatic carbocycles. The summed E-state index contributed by atoms with van der Waals surface area (Å²) in [4.78, 5) is 12.2. The van der Waals surface area contributed by atoms with Gasteiger partial charge in [-0.2, -0.15) is 8.78 Å². The molecule has 2 aromatic rings. The third-order valence-electron chi connectivity index (χ3n) is 5.03. The van der Waals surface area contributed by atoms with Gasteiger partial charge in [0.05, 0.1) is 5.92 Å². The molecule has 1 fully saturated rings. The number of carbonyl (C=O) groups is 1. The number of esters is 1. The Bertz CT molecular complexity index is 915. The zero-order chi connectivity index (χ0) is 22.1. The van der Waals surface area contributed by atoms with Gasteiger partial charge in [-0.05, 0) is 43.7 Å². The van der Waals surface area contributed by atoms with Crippen LogP contribution < -0.4 is 9.47 Å². The fourth-order valence-corrected chi connectivity index (χ4v) is 3.28. The van der Waals surface area contributed by atoms with E-state index in [4.69, 9.17) is 4.74 Å². The molecule has 0 unspecified atom stereocenters. The minimum atomic E-state index is -4.33. The topological polar surface area (TPSA) is 35.5 Å². The molecule has 1 aliphatic rings. The number of rotatable bonds is 5. The van der Waals surface area contributed by atoms with Gasteiger partial charge in [-0.3, -0.25) is 4.79 Å². The second kappa shape index (κ2) is 8.57. The van der Waals surface area contributed by atoms with Gasteiger partial charge in [-0.25, -0.2) is 17.6 Å². The molecule has 0 radical (unpaired) electrons. The van der Waals surface area contributed by atoms with Crippen LogP contribution in [0.2, 0.25) is 0 Å². The summed E-state index contributed by atoms with van der Waals surface area (Å²) in [6.45, 7) is 2.08. The van der Waals surface area contributed by atoms with Gasteiger partial charge in [0.1, 0.15) is 22.9 Å². The monoisotopic (exact) mass is 432 g/mol. The van der Waals surface area contributed by atoms with Gasteiger partial charge in [0, 0.05) is 18.2 Å². The number of ether oxygens (including phenoxy) is 2. The van der Waals surface area contributed by atoms with Crippen LogP contribution >= 0.6 is 0 Å². The van der Waals surface area contributed by atoms with E-state index in [0.717, 1.165) is 18.9 Å². The zero-order valence-corrected chi connectivity index (χ0v) is 15.9. The van der Waals surface area contributed by atoms with Crippen molar-refractivity contribution in [1.82, 2.24) is 0 Å². The highest BCUT2D eigenvalue weighted by atomic mass is 19.3. The predicted octanol–water partition coefficient (Wildman–Crippen LogP) is 6.10. The van der Waals surface area contributed by atoms with Gasteiger partial charge < -0.3 is 9.47 Å². The quantitative estimate of drug-likeness (QED) is 0.248. The Hall–Kier alpha value is -2.71. The van der Waals surface area contributed by atoms with E-state index in [1.807, 2.05) is 0 Å². The lowest BCUT2D eigenvalue weighted by Crippen LogP contribution is -2.25. The lowest BCUT2D eigenvalue weighted by molar-refractivity contribution is -0.187. The van der Waals surface area contributed by atoms with E-state index in [0.29, 0.717) is 30.9 Å². The Kier molecular flexibility index (Phi) is 6.28. The van der Waals surface area contributed by atoms with Crippen LogP contribution in [0, 0.1) is 35.1 Å². The Labute approximate surface area is 168 Å². The molecule has 1 saturated carbocycles. The Morgan fingerprint density at radius 3 is 2.03 bits per heavy atom. The molecule has 0 aliphatic heterocycles. The van der Waals surface area contributed by atoms with Crippen molar-refractivity contribution in [3.8, 4) is 11.5 Å². The largest absolute Gasteiger partial charge is 0.429 e. The number of carbonyl (C=O) groups excluding carboxylic acids is 1. The first-order chi connectivity index (χ1) is 14.1. The predicted molar refractivity (Wildman–Crippen MR) is 94.0 cm³/mol. The average Bonchev–Trinajstić information content (AvgIpc) is 2.66. The first kappa shape index (κ1) is 22.0. The molecule has 0 saturated heterocycles. The second-order valence-corrected chi connectivity index (χ2v) is 7.34. The Morgan fingerprint density at radius 1 is 0.900 bits per heavy atom. The van der Waals surface area contributed by atoms with Gasteiger partial charge in [0.2, 0.25) is 0 Å². The van der Waals surface area contributed by atoms with Crippen molar-refractivity contribution < 1.29 is 40.6 Å². The van der Waals surface area contributed by atoms with E-state index in [1.54, 1.807) is 0 Å². The summed E-state index contributed by atoms with van der Waals surface area (Å²) in [5.41, 5.74) is -1.25. The van der Waals surface area contributed by atoms with Crippen molar-refractivity contribution in [2.24, 2.45) is 11.8 Å². The van der Waals surface area contributed by atoms with Crippen LogP contribution in [0.4, 0.5) is 26.3 Å². The third kappa shape index (κ3) is 4.88. The molecule has 3 rings (SSSR count). The van der Waals surface area contributed by atoms with Crippen molar-refractivity contribution in [2.45, 2.75) is 38.7 Å². The molecule has 162 valence electrons. The zero-order valence-electron chi connectivity index (χ0n) is 15.9. The summed E-state index contributed by atoms with van der Waals surface area (Å²) < 4.78 is 91.4. The maximum absolute atomic E-state index is 14.3. The molecule has 0 N–H and O–H groups in total. The SMILES string of the molecule is CC1CCC(C(=O)Oc2ccc(C(F)(F)Oc3cc(F)c(F)c(F)c3)c(F)c2)CC1. The standard InChI is InChI=1S/C21H18F6O3/c1-11-2-4-12(5-3-11)20(28)29-13-6-7-15(16(22)8-13)21(26,27)30-14-9-17(23)19(25)18(24)10-14/h6-12H,2-5H2,1H3. The molecule has 3 nitrogen and oxygen atoms in total. The Morgan fingerprint density at radius 2 is 1.47 bits per heavy atom. The summed E-state index contributed by atoms with van der Waals surface area (Å²) in [7, 11) is 0. The lowest BCUT2D eigenvalue weighted by atomic mass is 9.83. The first-order valence-corrected chi connectivity index (χ1v) is 9.30. The van der Waals surface area contributed by atoms with E-state index in [2.05, 4.69) is 11.7 Å². The summed E-state index contributed by atoms with van der Waals surface area (Å²) >= 11 is 0. The second-order valence-electron chi connectivity index (χ2n) is 7.34. The molecular formula is C21H18F6O3. The summed E-state index contributed by atoms with van der Waals surface area (Å²) in [5, 5.41) is 0. The number of benzene rings is 2. The summed E-state index contributed by atoms with van der Waals surface area (Å²) in [6.07, 6.45) is -1.33. The van der Waals surface area contributed by atoms with Crippen LogP contribution in [0.5, 0.6) is 11.5 Å². The molecular weight excluding hydrogens is 414 g/mol. The van der Waals surface area contributed by atoms with E-state index in [1.165, 1.54) is 0 Å². The van der Waals surface area contributed by atoms with Gasteiger partial charge in [-0.15, -0.1) is 0 Å². The molecule has 0 aromatic heterocycles. The van der Waals surface area contributed by atoms with Crippen molar-refractivity contribution in [2.75, 3.05) is 0 Å². The lowest BCUT2D eigenvalue weighted by Gasteiger charge is -2.24. The average molecular weight is 432 g/mol. The minimum absolute atomic E-state index is 0.214. The van der Waals surface area contributed by atoms with Crippen molar-refractivity contribution in [3.05, 3.63) is 59.2 Å². The van der Waals surface area contributed by atoms with Crippen molar-refractivity contribution in [1.29, 1.82) is 0 Å².